The van der Waals surface area contributed by atoms with Gasteiger partial charge in [-0.2, -0.15) is 15.1 Å². The zero-order chi connectivity index (χ0) is 23.1. The van der Waals surface area contributed by atoms with Crippen LogP contribution >= 0.6 is 0 Å². The molecule has 5 rings (SSSR count). The van der Waals surface area contributed by atoms with E-state index in [2.05, 4.69) is 25.4 Å². The number of nitrogens with zero attached hydrogens (tertiary/aromatic N) is 6. The Morgan fingerprint density at radius 2 is 1.88 bits per heavy atom. The minimum atomic E-state index is -1.29. The number of aliphatic hydroxyl groups is 4. The average Bonchev–Trinajstić information content (AvgIpc) is 3.54. The predicted molar refractivity (Wildman–Crippen MR) is 116 cm³/mol. The number of aryl methyl sites for hydroxylation is 1. The molecule has 0 unspecified atom stereocenters. The van der Waals surface area contributed by atoms with Gasteiger partial charge < -0.3 is 30.5 Å². The van der Waals surface area contributed by atoms with Crippen LogP contribution < -0.4 is 5.32 Å². The van der Waals surface area contributed by atoms with Crippen molar-refractivity contribution in [2.45, 2.75) is 38.1 Å². The fourth-order valence-corrected chi connectivity index (χ4v) is 3.72. The van der Waals surface area contributed by atoms with E-state index in [1.165, 1.54) is 21.8 Å². The molecule has 1 aliphatic rings. The molecule has 33 heavy (non-hydrogen) atoms. The highest BCUT2D eigenvalue weighted by molar-refractivity contribution is 5.86. The summed E-state index contributed by atoms with van der Waals surface area (Å²) in [6, 6.07) is 7.73. The first-order valence-electron chi connectivity index (χ1n) is 10.3. The van der Waals surface area contributed by atoms with E-state index >= 15 is 0 Å². The molecule has 0 aliphatic carbocycles. The summed E-state index contributed by atoms with van der Waals surface area (Å²) in [7, 11) is 0. The zero-order valence-electron chi connectivity index (χ0n) is 17.6. The Kier molecular flexibility index (Phi) is 5.52. The first-order chi connectivity index (χ1) is 16.0. The van der Waals surface area contributed by atoms with Crippen LogP contribution in [-0.4, -0.2) is 74.6 Å². The summed E-state index contributed by atoms with van der Waals surface area (Å²) in [6.45, 7) is 1.36. The van der Waals surface area contributed by atoms with Crippen molar-refractivity contribution < 1.29 is 25.2 Å². The van der Waals surface area contributed by atoms with Gasteiger partial charge in [-0.25, -0.2) is 9.67 Å². The van der Waals surface area contributed by atoms with Crippen molar-refractivity contribution in [2.75, 3.05) is 11.9 Å². The Balaban J connectivity index is 1.63. The van der Waals surface area contributed by atoms with Crippen molar-refractivity contribution in [1.29, 1.82) is 0 Å². The van der Waals surface area contributed by atoms with Crippen LogP contribution in [0.25, 0.3) is 17.1 Å². The van der Waals surface area contributed by atoms with Gasteiger partial charge in [0, 0.05) is 17.4 Å². The summed E-state index contributed by atoms with van der Waals surface area (Å²) in [6.07, 6.45) is 0.0363. The number of hydrogen-bond donors (Lipinski definition) is 5. The maximum atomic E-state index is 10.5. The lowest BCUT2D eigenvalue weighted by atomic mass is 10.1. The normalized spacial score (nSPS) is 22.8. The molecule has 0 spiro atoms. The molecule has 0 amide bonds. The standard InChI is InChI=1S/C21H23N7O5/c1-11-2-4-13(5-3-11)24-18-15-19(26-21(25-18)28-7-12(8-29)6-23-28)27(10-22-15)20-17(32)16(31)14(9-30)33-20/h2-7,10,14,16-17,20,29-32H,8-9H2,1H3,(H,24,25,26)/t14-,16-,17-,20-/m1/s1. The Morgan fingerprint density at radius 1 is 1.09 bits per heavy atom. The average molecular weight is 453 g/mol. The van der Waals surface area contributed by atoms with E-state index < -0.39 is 31.1 Å². The highest BCUT2D eigenvalue weighted by atomic mass is 16.6. The maximum Gasteiger partial charge on any atom is 0.254 e. The highest BCUT2D eigenvalue weighted by Gasteiger charge is 2.44. The number of imidazole rings is 1. The minimum absolute atomic E-state index is 0.183. The molecule has 3 aromatic heterocycles. The Morgan fingerprint density at radius 3 is 2.55 bits per heavy atom. The van der Waals surface area contributed by atoms with Gasteiger partial charge in [-0.3, -0.25) is 4.57 Å². The van der Waals surface area contributed by atoms with Gasteiger partial charge in [-0.15, -0.1) is 0 Å². The second-order valence-electron chi connectivity index (χ2n) is 7.87. The van der Waals surface area contributed by atoms with Crippen molar-refractivity contribution in [1.82, 2.24) is 29.3 Å². The number of ether oxygens (including phenoxy) is 1. The first-order valence-corrected chi connectivity index (χ1v) is 10.3. The van der Waals surface area contributed by atoms with Crippen molar-refractivity contribution in [2.24, 2.45) is 0 Å². The summed E-state index contributed by atoms with van der Waals surface area (Å²) in [4.78, 5) is 13.5. The molecule has 4 aromatic rings. The van der Waals surface area contributed by atoms with E-state index in [4.69, 9.17) is 4.74 Å². The Hall–Kier alpha value is -3.42. The van der Waals surface area contributed by atoms with E-state index in [0.717, 1.165) is 11.3 Å². The third-order valence-corrected chi connectivity index (χ3v) is 5.54. The molecule has 1 fully saturated rings. The first kappa shape index (κ1) is 21.4. The van der Waals surface area contributed by atoms with Crippen LogP contribution in [0.3, 0.4) is 0 Å². The molecule has 0 saturated carbocycles. The topological polar surface area (TPSA) is 164 Å². The molecule has 12 nitrogen and oxygen atoms in total. The van der Waals surface area contributed by atoms with E-state index in [1.54, 1.807) is 6.20 Å². The second-order valence-corrected chi connectivity index (χ2v) is 7.87. The van der Waals surface area contributed by atoms with Gasteiger partial charge in [-0.1, -0.05) is 17.7 Å². The van der Waals surface area contributed by atoms with Gasteiger partial charge in [-0.05, 0) is 19.1 Å². The number of fused-ring (bicyclic) bond motifs is 1. The van der Waals surface area contributed by atoms with Crippen molar-refractivity contribution in [3.63, 3.8) is 0 Å². The van der Waals surface area contributed by atoms with Crippen LogP contribution in [0.1, 0.15) is 17.4 Å². The maximum absolute atomic E-state index is 10.5. The third kappa shape index (κ3) is 3.83. The number of benzene rings is 1. The lowest BCUT2D eigenvalue weighted by Gasteiger charge is -2.17. The molecule has 1 saturated heterocycles. The van der Waals surface area contributed by atoms with Crippen molar-refractivity contribution in [3.05, 3.63) is 54.1 Å². The van der Waals surface area contributed by atoms with Crippen LogP contribution in [-0.2, 0) is 11.3 Å². The van der Waals surface area contributed by atoms with Crippen molar-refractivity contribution >= 4 is 22.7 Å². The van der Waals surface area contributed by atoms with Crippen molar-refractivity contribution in [3.8, 4) is 5.95 Å². The number of aliphatic hydroxyl groups excluding tert-OH is 4. The number of anilines is 2. The number of aromatic nitrogens is 6. The molecule has 1 aromatic carbocycles. The largest absolute Gasteiger partial charge is 0.394 e. The van der Waals surface area contributed by atoms with Gasteiger partial charge in [0.05, 0.1) is 25.7 Å². The summed E-state index contributed by atoms with van der Waals surface area (Å²) < 4.78 is 8.57. The monoisotopic (exact) mass is 453 g/mol. The van der Waals surface area contributed by atoms with E-state index in [0.29, 0.717) is 22.5 Å². The summed E-state index contributed by atoms with van der Waals surface area (Å²) in [5, 5.41) is 47.0. The summed E-state index contributed by atoms with van der Waals surface area (Å²) in [5.74, 6) is 0.593. The second kappa shape index (κ2) is 8.50. The molecule has 5 N–H and O–H groups in total. The number of nitrogens with one attached hydrogen (secondary N) is 1. The van der Waals surface area contributed by atoms with Gasteiger partial charge >= 0.3 is 0 Å². The molecule has 4 atom stereocenters. The summed E-state index contributed by atoms with van der Waals surface area (Å²) in [5.41, 5.74) is 3.21. The molecule has 0 bridgehead atoms. The van der Waals surface area contributed by atoms with Crippen LogP contribution in [0.4, 0.5) is 11.5 Å². The molecule has 1 aliphatic heterocycles. The van der Waals surface area contributed by atoms with Gasteiger partial charge in [0.1, 0.15) is 18.3 Å². The van der Waals surface area contributed by atoms with E-state index in [-0.39, 0.29) is 12.6 Å². The quantitative estimate of drug-likeness (QED) is 0.272. The van der Waals surface area contributed by atoms with Crippen LogP contribution in [0.2, 0.25) is 0 Å². The van der Waals surface area contributed by atoms with Gasteiger partial charge in [0.15, 0.2) is 23.2 Å². The van der Waals surface area contributed by atoms with Gasteiger partial charge in [0.25, 0.3) is 5.95 Å². The SMILES string of the molecule is Cc1ccc(Nc2nc(-n3cc(CO)cn3)nc3c2ncn3[C@@H]2O[C@H](CO)[C@@H](O)[C@H]2O)cc1. The van der Waals surface area contributed by atoms with E-state index in [9.17, 15) is 20.4 Å². The predicted octanol–water partition coefficient (Wildman–Crippen LogP) is 0.168. The lowest BCUT2D eigenvalue weighted by molar-refractivity contribution is -0.0511. The summed E-state index contributed by atoms with van der Waals surface area (Å²) >= 11 is 0. The minimum Gasteiger partial charge on any atom is -0.394 e. The van der Waals surface area contributed by atoms with Crippen LogP contribution in [0.5, 0.6) is 0 Å². The molecule has 4 heterocycles. The zero-order valence-corrected chi connectivity index (χ0v) is 17.6. The van der Waals surface area contributed by atoms with Gasteiger partial charge in [0.2, 0.25) is 0 Å². The molecule has 12 heteroatoms. The number of hydrogen-bond acceptors (Lipinski definition) is 10. The number of rotatable bonds is 6. The lowest BCUT2D eigenvalue weighted by Crippen LogP contribution is -2.33. The molecular formula is C21H23N7O5. The fourth-order valence-electron chi connectivity index (χ4n) is 3.72. The van der Waals surface area contributed by atoms with Crippen LogP contribution in [0, 0.1) is 6.92 Å². The molecule has 172 valence electrons. The molecular weight excluding hydrogens is 430 g/mol. The van der Waals surface area contributed by atoms with E-state index in [1.807, 2.05) is 31.2 Å². The third-order valence-electron chi connectivity index (χ3n) is 5.54. The fraction of sp³-hybridized carbons (Fsp3) is 0.333. The molecule has 0 radical (unpaired) electrons. The Labute approximate surface area is 187 Å². The highest BCUT2D eigenvalue weighted by Crippen LogP contribution is 2.33. The Bertz CT molecular complexity index is 1270. The van der Waals surface area contributed by atoms with Crippen LogP contribution in [0.15, 0.2) is 43.0 Å². The smallest absolute Gasteiger partial charge is 0.254 e.